The number of oxime groups is 1. The molecule has 0 spiro atoms. The summed E-state index contributed by atoms with van der Waals surface area (Å²) in [6, 6.07) is 0. The highest BCUT2D eigenvalue weighted by Gasteiger charge is 2.24. The van der Waals surface area contributed by atoms with Gasteiger partial charge in [0.15, 0.2) is 0 Å². The van der Waals surface area contributed by atoms with Gasteiger partial charge in [-0.15, -0.1) is 0 Å². The Kier molecular flexibility index (Phi) is 5.89. The van der Waals surface area contributed by atoms with Crippen molar-refractivity contribution < 1.29 is 14.4 Å². The predicted molar refractivity (Wildman–Crippen MR) is 63.1 cm³/mol. The van der Waals surface area contributed by atoms with Crippen molar-refractivity contribution in [1.82, 2.24) is 0 Å². The number of hydrogen-bond acceptors (Lipinski definition) is 6. The van der Waals surface area contributed by atoms with Gasteiger partial charge in [0.25, 0.3) is 0 Å². The third-order valence-electron chi connectivity index (χ3n) is 1.71. The minimum absolute atomic E-state index is 0.0478. The first-order valence-electron chi connectivity index (χ1n) is 4.60. The van der Waals surface area contributed by atoms with Crippen LogP contribution in [0.5, 0.6) is 0 Å². The van der Waals surface area contributed by atoms with Crippen LogP contribution in [0, 0.1) is 0 Å². The molecule has 1 unspecified atom stereocenters. The van der Waals surface area contributed by atoms with E-state index in [4.69, 9.17) is 10.5 Å². The minimum Gasteiger partial charge on any atom is -0.360 e. The first-order valence-corrected chi connectivity index (χ1v) is 6.74. The topological polar surface area (TPSA) is 73.9 Å². The lowest BCUT2D eigenvalue weighted by molar-refractivity contribution is 0.141. The molecule has 1 heterocycles. The Morgan fingerprint density at radius 3 is 3.33 bits per heavy atom. The fourth-order valence-electron chi connectivity index (χ4n) is 1.06. The van der Waals surface area contributed by atoms with Gasteiger partial charge in [-0.3, -0.25) is 4.84 Å². The molecule has 0 radical (unpaired) electrons. The van der Waals surface area contributed by atoms with Gasteiger partial charge in [0.2, 0.25) is 0 Å². The van der Waals surface area contributed by atoms with E-state index in [1.54, 1.807) is 0 Å². The van der Waals surface area contributed by atoms with Crippen LogP contribution in [-0.2, 0) is 9.57 Å². The predicted octanol–water partition coefficient (Wildman–Crippen LogP) is 1.63. The van der Waals surface area contributed by atoms with Gasteiger partial charge in [-0.2, -0.15) is 11.8 Å². The van der Waals surface area contributed by atoms with Crippen molar-refractivity contribution in [2.45, 2.75) is 19.4 Å². The van der Waals surface area contributed by atoms with E-state index in [0.717, 1.165) is 17.9 Å². The summed E-state index contributed by atoms with van der Waals surface area (Å²) in [7, 11) is 0. The number of nitrogens with two attached hydrogens (primary N) is 1. The Hall–Kier alpha value is -0.400. The summed E-state index contributed by atoms with van der Waals surface area (Å²) in [5.41, 5.74) is 4.82. The van der Waals surface area contributed by atoms with E-state index in [0.29, 0.717) is 11.0 Å². The van der Waals surface area contributed by atoms with E-state index < -0.39 is 6.09 Å². The maximum absolute atomic E-state index is 10.4. The van der Waals surface area contributed by atoms with Crippen molar-refractivity contribution >= 4 is 34.7 Å². The largest absolute Gasteiger partial charge is 0.430 e. The fraction of sp³-hybridized carbons (Fsp3) is 0.750. The van der Waals surface area contributed by atoms with Gasteiger partial charge in [-0.25, -0.2) is 4.79 Å². The van der Waals surface area contributed by atoms with Crippen molar-refractivity contribution in [3.05, 3.63) is 0 Å². The lowest BCUT2D eigenvalue weighted by Gasteiger charge is -2.07. The van der Waals surface area contributed by atoms with Crippen LogP contribution in [-0.4, -0.2) is 34.7 Å². The van der Waals surface area contributed by atoms with Gasteiger partial charge in [-0.1, -0.05) is 23.8 Å². The van der Waals surface area contributed by atoms with Crippen LogP contribution in [0.2, 0.25) is 0 Å². The number of amides is 1. The zero-order chi connectivity index (χ0) is 11.1. The number of rotatable bonds is 5. The third-order valence-corrected chi connectivity index (χ3v) is 3.53. The smallest absolute Gasteiger partial charge is 0.360 e. The van der Waals surface area contributed by atoms with Gasteiger partial charge in [0, 0.05) is 0 Å². The minimum atomic E-state index is -0.892. The van der Waals surface area contributed by atoms with Crippen molar-refractivity contribution in [3.63, 3.8) is 0 Å². The summed E-state index contributed by atoms with van der Waals surface area (Å²) in [5, 5.41) is 4.35. The van der Waals surface area contributed by atoms with E-state index >= 15 is 0 Å². The van der Waals surface area contributed by atoms with Gasteiger partial charge in [0.05, 0.1) is 5.94 Å². The number of carbonyl (C=O) groups is 1. The molecule has 1 amide bonds. The first-order chi connectivity index (χ1) is 7.24. The molecule has 0 bridgehead atoms. The number of hydrogen-bond donors (Lipinski definition) is 1. The van der Waals surface area contributed by atoms with Crippen molar-refractivity contribution in [2.75, 3.05) is 17.4 Å². The second-order valence-electron chi connectivity index (χ2n) is 2.74. The molecular formula is C8H14N2O3S2. The van der Waals surface area contributed by atoms with Crippen LogP contribution >= 0.6 is 23.5 Å². The summed E-state index contributed by atoms with van der Waals surface area (Å²) in [6.45, 7) is 2.11. The molecule has 5 nitrogen and oxygen atoms in total. The van der Waals surface area contributed by atoms with Gasteiger partial charge in [0.1, 0.15) is 11.1 Å². The summed E-state index contributed by atoms with van der Waals surface area (Å²) in [6.07, 6.45) is -0.0583. The molecule has 1 fully saturated rings. The first kappa shape index (κ1) is 12.7. The van der Waals surface area contributed by atoms with Gasteiger partial charge >= 0.3 is 6.09 Å². The SMILES string of the molecule is CCSCCC1OCSC1=NOC(N)=O. The average molecular weight is 250 g/mol. The van der Waals surface area contributed by atoms with E-state index in [1.807, 2.05) is 11.8 Å². The van der Waals surface area contributed by atoms with Crippen LogP contribution in [0.1, 0.15) is 13.3 Å². The molecule has 15 heavy (non-hydrogen) atoms. The van der Waals surface area contributed by atoms with Crippen LogP contribution < -0.4 is 5.73 Å². The lowest BCUT2D eigenvalue weighted by Crippen LogP contribution is -2.18. The second kappa shape index (κ2) is 6.97. The molecule has 86 valence electrons. The molecule has 0 aromatic heterocycles. The number of carbonyl (C=O) groups excluding carboxylic acids is 1. The Morgan fingerprint density at radius 2 is 2.67 bits per heavy atom. The van der Waals surface area contributed by atoms with Crippen molar-refractivity contribution in [3.8, 4) is 0 Å². The summed E-state index contributed by atoms with van der Waals surface area (Å²) >= 11 is 3.28. The van der Waals surface area contributed by atoms with E-state index in [2.05, 4.69) is 16.9 Å². The third kappa shape index (κ3) is 4.76. The molecule has 1 aliphatic rings. The Labute approximate surface area is 97.1 Å². The molecule has 1 rings (SSSR count). The van der Waals surface area contributed by atoms with E-state index in [-0.39, 0.29) is 6.10 Å². The standard InChI is InChI=1S/C8H14N2O3S2/c1-2-14-4-3-6-7(15-5-12-6)10-13-8(9)11/h6H,2-5H2,1H3,(H2,9,11). The molecule has 7 heteroatoms. The van der Waals surface area contributed by atoms with Crippen molar-refractivity contribution in [1.29, 1.82) is 0 Å². The molecule has 0 saturated carbocycles. The van der Waals surface area contributed by atoms with Crippen LogP contribution in [0.3, 0.4) is 0 Å². The monoisotopic (exact) mass is 250 g/mol. The quantitative estimate of drug-likeness (QED) is 0.456. The highest BCUT2D eigenvalue weighted by Crippen LogP contribution is 2.24. The highest BCUT2D eigenvalue weighted by atomic mass is 32.2. The molecule has 0 aromatic carbocycles. The summed E-state index contributed by atoms with van der Waals surface area (Å²) in [5.74, 6) is 2.66. The summed E-state index contributed by atoms with van der Waals surface area (Å²) in [4.78, 5) is 14.7. The van der Waals surface area contributed by atoms with Crippen LogP contribution in [0.25, 0.3) is 0 Å². The zero-order valence-electron chi connectivity index (χ0n) is 8.47. The van der Waals surface area contributed by atoms with Crippen LogP contribution in [0.4, 0.5) is 4.79 Å². The molecule has 0 aliphatic carbocycles. The molecule has 2 N–H and O–H groups in total. The number of primary amides is 1. The lowest BCUT2D eigenvalue weighted by atomic mass is 10.3. The Bertz CT molecular complexity index is 248. The molecular weight excluding hydrogens is 236 g/mol. The zero-order valence-corrected chi connectivity index (χ0v) is 10.1. The van der Waals surface area contributed by atoms with Gasteiger partial charge < -0.3 is 10.5 Å². The molecule has 1 atom stereocenters. The number of thioether (sulfide) groups is 2. The van der Waals surface area contributed by atoms with E-state index in [1.165, 1.54) is 11.8 Å². The molecule has 1 aliphatic heterocycles. The van der Waals surface area contributed by atoms with E-state index in [9.17, 15) is 4.79 Å². The van der Waals surface area contributed by atoms with Gasteiger partial charge in [-0.05, 0) is 17.9 Å². The number of nitrogens with zero attached hydrogens (tertiary/aromatic N) is 1. The highest BCUT2D eigenvalue weighted by molar-refractivity contribution is 8.14. The fourth-order valence-corrected chi connectivity index (χ4v) is 2.54. The molecule has 1 saturated heterocycles. The Balaban J connectivity index is 2.35. The van der Waals surface area contributed by atoms with Crippen molar-refractivity contribution in [2.24, 2.45) is 10.9 Å². The second-order valence-corrected chi connectivity index (χ2v) is 5.08. The number of ether oxygens (including phenoxy) is 1. The molecule has 0 aromatic rings. The normalized spacial score (nSPS) is 23.3. The Morgan fingerprint density at radius 1 is 1.87 bits per heavy atom. The maximum Gasteiger partial charge on any atom is 0.430 e. The average Bonchev–Trinajstić information content (AvgIpc) is 2.63. The maximum atomic E-state index is 10.4. The van der Waals surface area contributed by atoms with Crippen LogP contribution in [0.15, 0.2) is 5.16 Å². The summed E-state index contributed by atoms with van der Waals surface area (Å²) < 4.78 is 5.43.